The summed E-state index contributed by atoms with van der Waals surface area (Å²) in [5.41, 5.74) is 7.03. The van der Waals surface area contributed by atoms with E-state index in [0.717, 1.165) is 17.8 Å². The Labute approximate surface area is 106 Å². The van der Waals surface area contributed by atoms with E-state index < -0.39 is 0 Å². The predicted molar refractivity (Wildman–Crippen MR) is 68.5 cm³/mol. The summed E-state index contributed by atoms with van der Waals surface area (Å²) in [6.45, 7) is 8.34. The van der Waals surface area contributed by atoms with Crippen LogP contribution in [0.2, 0.25) is 5.02 Å². The minimum absolute atomic E-state index is 0.227. The Balaban J connectivity index is 2.77. The van der Waals surface area contributed by atoms with E-state index in [-0.39, 0.29) is 11.3 Å². The molecule has 1 aromatic heterocycles. The molecule has 1 rings (SSSR count). The first-order chi connectivity index (χ1) is 7.79. The first-order valence-corrected chi connectivity index (χ1v) is 5.85. The van der Waals surface area contributed by atoms with E-state index in [1.54, 1.807) is 0 Å². The van der Waals surface area contributed by atoms with Gasteiger partial charge in [-0.3, -0.25) is 4.68 Å². The van der Waals surface area contributed by atoms with Gasteiger partial charge in [-0.1, -0.05) is 30.6 Å². The summed E-state index contributed by atoms with van der Waals surface area (Å²) in [5, 5.41) is 16.8. The van der Waals surface area contributed by atoms with Gasteiger partial charge in [-0.25, -0.2) is 0 Å². The molecule has 3 N–H and O–H groups in total. The normalized spacial score (nSPS) is 13.1. The molecule has 0 bridgehead atoms. The summed E-state index contributed by atoms with van der Waals surface area (Å²) >= 11 is 6.07. The van der Waals surface area contributed by atoms with Crippen LogP contribution in [0, 0.1) is 19.3 Å². The van der Waals surface area contributed by atoms with Gasteiger partial charge >= 0.3 is 0 Å². The summed E-state index contributed by atoms with van der Waals surface area (Å²) < 4.78 is 1.85. The summed E-state index contributed by atoms with van der Waals surface area (Å²) in [5.74, 6) is 0.227. The summed E-state index contributed by atoms with van der Waals surface area (Å²) in [7, 11) is 0. The number of rotatable bonds is 4. The zero-order valence-electron chi connectivity index (χ0n) is 10.7. The molecule has 17 heavy (non-hydrogen) atoms. The highest BCUT2D eigenvalue weighted by molar-refractivity contribution is 6.31. The average molecular weight is 259 g/mol. The maximum absolute atomic E-state index is 8.69. The van der Waals surface area contributed by atoms with Crippen LogP contribution < -0.4 is 5.73 Å². The first kappa shape index (κ1) is 13.8. The van der Waals surface area contributed by atoms with E-state index in [1.807, 2.05) is 32.4 Å². The summed E-state index contributed by atoms with van der Waals surface area (Å²) in [4.78, 5) is 0. The molecule has 1 heterocycles. The highest BCUT2D eigenvalue weighted by Gasteiger charge is 2.24. The largest absolute Gasteiger partial charge is 0.409 e. The Morgan fingerprint density at radius 2 is 2.12 bits per heavy atom. The number of halogens is 1. The number of nitrogens with zero attached hydrogens (tertiary/aromatic N) is 3. The molecular weight excluding hydrogens is 240 g/mol. The number of amidine groups is 1. The highest BCUT2D eigenvalue weighted by Crippen LogP contribution is 2.24. The van der Waals surface area contributed by atoms with Crippen molar-refractivity contribution in [2.24, 2.45) is 16.3 Å². The third-order valence-corrected chi connectivity index (χ3v) is 3.59. The van der Waals surface area contributed by atoms with Crippen LogP contribution in [0.1, 0.15) is 31.7 Å². The van der Waals surface area contributed by atoms with Crippen molar-refractivity contribution in [2.45, 2.75) is 40.7 Å². The lowest BCUT2D eigenvalue weighted by molar-refractivity contribution is 0.302. The molecule has 96 valence electrons. The lowest BCUT2D eigenvalue weighted by atomic mass is 9.88. The topological polar surface area (TPSA) is 76.4 Å². The quantitative estimate of drug-likeness (QED) is 0.377. The number of aromatic nitrogens is 2. The van der Waals surface area contributed by atoms with Crippen molar-refractivity contribution in [1.29, 1.82) is 0 Å². The van der Waals surface area contributed by atoms with Crippen LogP contribution in [-0.2, 0) is 6.54 Å². The van der Waals surface area contributed by atoms with Crippen molar-refractivity contribution in [3.63, 3.8) is 0 Å². The van der Waals surface area contributed by atoms with Crippen molar-refractivity contribution in [1.82, 2.24) is 9.78 Å². The van der Waals surface area contributed by atoms with Gasteiger partial charge in [0.15, 0.2) is 0 Å². The van der Waals surface area contributed by atoms with E-state index in [1.165, 1.54) is 0 Å². The molecule has 0 aromatic carbocycles. The van der Waals surface area contributed by atoms with Crippen LogP contribution in [0.4, 0.5) is 0 Å². The van der Waals surface area contributed by atoms with Gasteiger partial charge in [0.2, 0.25) is 0 Å². The highest BCUT2D eigenvalue weighted by atomic mass is 35.5. The van der Waals surface area contributed by atoms with Crippen molar-refractivity contribution < 1.29 is 5.21 Å². The number of hydrogen-bond donors (Lipinski definition) is 2. The van der Waals surface area contributed by atoms with Crippen LogP contribution in [0.3, 0.4) is 0 Å². The molecule has 0 saturated heterocycles. The van der Waals surface area contributed by atoms with Gasteiger partial charge in [0.1, 0.15) is 5.84 Å². The van der Waals surface area contributed by atoms with Gasteiger partial charge in [-0.05, 0) is 20.3 Å². The van der Waals surface area contributed by atoms with Gasteiger partial charge in [-0.15, -0.1) is 0 Å². The first-order valence-electron chi connectivity index (χ1n) is 5.47. The Morgan fingerprint density at radius 3 is 2.53 bits per heavy atom. The maximum atomic E-state index is 8.69. The van der Waals surface area contributed by atoms with Crippen molar-refractivity contribution in [3.8, 4) is 0 Å². The molecule has 0 amide bonds. The fraction of sp³-hybridized carbons (Fsp3) is 0.636. The smallest absolute Gasteiger partial charge is 0.144 e. The monoisotopic (exact) mass is 258 g/mol. The number of hydrogen-bond acceptors (Lipinski definition) is 3. The zero-order valence-corrected chi connectivity index (χ0v) is 11.4. The minimum atomic E-state index is -0.368. The van der Waals surface area contributed by atoms with Crippen LogP contribution >= 0.6 is 11.6 Å². The maximum Gasteiger partial charge on any atom is 0.144 e. The molecule has 0 radical (unpaired) electrons. The van der Waals surface area contributed by atoms with Crippen LogP contribution in [0.15, 0.2) is 5.16 Å². The minimum Gasteiger partial charge on any atom is -0.409 e. The SMILES string of the molecule is Cc1nn(CCC(C)(C)C(N)=NO)c(C)c1Cl. The molecular formula is C11H19ClN4O. The summed E-state index contributed by atoms with van der Waals surface area (Å²) in [6.07, 6.45) is 0.723. The molecule has 0 fully saturated rings. The Bertz CT molecular complexity index is 437. The molecule has 0 atom stereocenters. The number of aryl methyl sites for hydroxylation is 2. The zero-order chi connectivity index (χ0) is 13.2. The van der Waals surface area contributed by atoms with Crippen molar-refractivity contribution >= 4 is 17.4 Å². The molecule has 0 saturated carbocycles. The molecule has 5 nitrogen and oxygen atoms in total. The molecule has 0 aliphatic carbocycles. The number of nitrogens with two attached hydrogens (primary N) is 1. The van der Waals surface area contributed by atoms with E-state index in [2.05, 4.69) is 10.3 Å². The van der Waals surface area contributed by atoms with E-state index in [9.17, 15) is 0 Å². The lowest BCUT2D eigenvalue weighted by Crippen LogP contribution is -2.33. The standard InChI is InChI=1S/C11H19ClN4O/c1-7-9(12)8(2)16(14-7)6-5-11(3,4)10(13)15-17/h17H,5-6H2,1-4H3,(H2,13,15). The van der Waals surface area contributed by atoms with Crippen LogP contribution in [-0.4, -0.2) is 20.8 Å². The van der Waals surface area contributed by atoms with E-state index in [4.69, 9.17) is 22.5 Å². The Hall–Kier alpha value is -1.23. The molecule has 1 aromatic rings. The third-order valence-electron chi connectivity index (χ3n) is 3.04. The summed E-state index contributed by atoms with van der Waals surface area (Å²) in [6, 6.07) is 0. The molecule has 0 aliphatic rings. The second kappa shape index (κ2) is 4.96. The average Bonchev–Trinajstić information content (AvgIpc) is 2.53. The van der Waals surface area contributed by atoms with Gasteiger partial charge in [0, 0.05) is 12.0 Å². The van der Waals surface area contributed by atoms with Crippen LogP contribution in [0.25, 0.3) is 0 Å². The molecule has 0 spiro atoms. The van der Waals surface area contributed by atoms with Crippen molar-refractivity contribution in [3.05, 3.63) is 16.4 Å². The second-order valence-electron chi connectivity index (χ2n) is 4.83. The fourth-order valence-electron chi connectivity index (χ4n) is 1.54. The Kier molecular flexibility index (Phi) is 4.03. The van der Waals surface area contributed by atoms with Crippen molar-refractivity contribution in [2.75, 3.05) is 0 Å². The third kappa shape index (κ3) is 2.91. The van der Waals surface area contributed by atoms with E-state index in [0.29, 0.717) is 11.6 Å². The van der Waals surface area contributed by atoms with Gasteiger partial charge in [-0.2, -0.15) is 5.10 Å². The van der Waals surface area contributed by atoms with Gasteiger partial charge in [0.05, 0.1) is 16.4 Å². The number of oxime groups is 1. The second-order valence-corrected chi connectivity index (χ2v) is 5.21. The molecule has 0 aliphatic heterocycles. The van der Waals surface area contributed by atoms with Gasteiger partial charge < -0.3 is 10.9 Å². The van der Waals surface area contributed by atoms with Crippen LogP contribution in [0.5, 0.6) is 0 Å². The fourth-order valence-corrected chi connectivity index (χ4v) is 1.68. The lowest BCUT2D eigenvalue weighted by Gasteiger charge is -2.22. The van der Waals surface area contributed by atoms with Gasteiger partial charge in [0.25, 0.3) is 0 Å². The predicted octanol–water partition coefficient (Wildman–Crippen LogP) is 2.32. The molecule has 6 heteroatoms. The van der Waals surface area contributed by atoms with E-state index >= 15 is 0 Å². The Morgan fingerprint density at radius 1 is 1.53 bits per heavy atom. The molecule has 0 unspecified atom stereocenters.